The van der Waals surface area contributed by atoms with E-state index in [0.717, 1.165) is 4.47 Å². The lowest BCUT2D eigenvalue weighted by atomic mass is 10.1. The van der Waals surface area contributed by atoms with Crippen molar-refractivity contribution < 1.29 is 9.53 Å². The molecule has 0 spiro atoms. The summed E-state index contributed by atoms with van der Waals surface area (Å²) < 4.78 is 6.42. The number of benzene rings is 2. The van der Waals surface area contributed by atoms with Gasteiger partial charge in [0, 0.05) is 16.7 Å². The van der Waals surface area contributed by atoms with E-state index in [-0.39, 0.29) is 5.78 Å². The van der Waals surface area contributed by atoms with Crippen LogP contribution in [0.25, 0.3) is 0 Å². The predicted molar refractivity (Wildman–Crippen MR) is 80.7 cm³/mol. The van der Waals surface area contributed by atoms with Crippen LogP contribution < -0.4 is 4.74 Å². The van der Waals surface area contributed by atoms with Crippen molar-refractivity contribution in [3.63, 3.8) is 0 Å². The van der Waals surface area contributed by atoms with E-state index in [1.807, 2.05) is 0 Å². The summed E-state index contributed by atoms with van der Waals surface area (Å²) in [4.78, 5) is 11.3. The van der Waals surface area contributed by atoms with E-state index in [9.17, 15) is 4.79 Å². The molecule has 0 fully saturated rings. The fourth-order valence-corrected chi connectivity index (χ4v) is 2.60. The molecule has 0 bridgehead atoms. The topological polar surface area (TPSA) is 26.3 Å². The van der Waals surface area contributed by atoms with Gasteiger partial charge in [-0.25, -0.2) is 0 Å². The average molecular weight is 360 g/mol. The molecule has 0 aliphatic rings. The van der Waals surface area contributed by atoms with Crippen LogP contribution in [0, 0.1) is 0 Å². The molecule has 2 rings (SSSR count). The molecule has 0 N–H and O–H groups in total. The maximum Gasteiger partial charge on any atom is 0.161 e. The summed E-state index contributed by atoms with van der Waals surface area (Å²) in [6.45, 7) is 1.47. The van der Waals surface area contributed by atoms with Gasteiger partial charge in [-0.2, -0.15) is 0 Å². The molecule has 5 heteroatoms. The van der Waals surface area contributed by atoms with E-state index >= 15 is 0 Å². The third kappa shape index (κ3) is 3.50. The number of hydrogen-bond donors (Lipinski definition) is 0. The van der Waals surface area contributed by atoms with Crippen molar-refractivity contribution in [2.75, 3.05) is 0 Å². The van der Waals surface area contributed by atoms with Crippen molar-refractivity contribution in [1.82, 2.24) is 0 Å². The lowest BCUT2D eigenvalue weighted by molar-refractivity contribution is 0.101. The summed E-state index contributed by atoms with van der Waals surface area (Å²) in [5.74, 6) is 1.10. The highest BCUT2D eigenvalue weighted by Gasteiger charge is 2.09. The van der Waals surface area contributed by atoms with Gasteiger partial charge in [-0.05, 0) is 53.2 Å². The molecule has 2 aromatic rings. The second kappa shape index (κ2) is 5.95. The average Bonchev–Trinajstić information content (AvgIpc) is 2.32. The third-order valence-electron chi connectivity index (χ3n) is 2.44. The molecule has 0 saturated heterocycles. The molecule has 0 amide bonds. The lowest BCUT2D eigenvalue weighted by Crippen LogP contribution is -1.94. The van der Waals surface area contributed by atoms with Gasteiger partial charge in [0.25, 0.3) is 0 Å². The van der Waals surface area contributed by atoms with Crippen LogP contribution in [0.1, 0.15) is 17.3 Å². The largest absolute Gasteiger partial charge is 0.456 e. The zero-order valence-corrected chi connectivity index (χ0v) is 13.0. The first kappa shape index (κ1) is 14.4. The van der Waals surface area contributed by atoms with Crippen LogP contribution in [0.5, 0.6) is 11.5 Å². The van der Waals surface area contributed by atoms with Crippen LogP contribution in [0.15, 0.2) is 40.9 Å². The molecule has 0 radical (unpaired) electrons. The molecule has 98 valence electrons. The zero-order valence-electron chi connectivity index (χ0n) is 9.91. The normalized spacial score (nSPS) is 10.3. The fraction of sp³-hybridized carbons (Fsp3) is 0.0714. The van der Waals surface area contributed by atoms with Crippen molar-refractivity contribution in [1.29, 1.82) is 0 Å². The lowest BCUT2D eigenvalue weighted by Gasteiger charge is -2.09. The van der Waals surface area contributed by atoms with Crippen LogP contribution in [0.3, 0.4) is 0 Å². The number of halogens is 3. The molecule has 0 aromatic heterocycles. The van der Waals surface area contributed by atoms with Crippen molar-refractivity contribution in [3.8, 4) is 11.5 Å². The minimum absolute atomic E-state index is 0.0794. The SMILES string of the molecule is CC(=O)c1ccc(Oc2ccc(Cl)cc2Br)cc1Cl. The molecule has 0 heterocycles. The van der Waals surface area contributed by atoms with Crippen LogP contribution >= 0.6 is 39.1 Å². The minimum Gasteiger partial charge on any atom is -0.456 e. The summed E-state index contributed by atoms with van der Waals surface area (Å²) in [6.07, 6.45) is 0. The van der Waals surface area contributed by atoms with Gasteiger partial charge in [0.1, 0.15) is 11.5 Å². The second-order valence-corrected chi connectivity index (χ2v) is 5.57. The third-order valence-corrected chi connectivity index (χ3v) is 3.61. The number of carbonyl (C=O) groups is 1. The van der Waals surface area contributed by atoms with Crippen molar-refractivity contribution in [2.45, 2.75) is 6.92 Å². The first-order valence-corrected chi connectivity index (χ1v) is 6.95. The fourth-order valence-electron chi connectivity index (χ4n) is 1.53. The van der Waals surface area contributed by atoms with Gasteiger partial charge in [0.15, 0.2) is 5.78 Å². The Labute approximate surface area is 129 Å². The van der Waals surface area contributed by atoms with E-state index in [0.29, 0.717) is 27.1 Å². The van der Waals surface area contributed by atoms with E-state index in [1.165, 1.54) is 6.92 Å². The van der Waals surface area contributed by atoms with E-state index in [2.05, 4.69) is 15.9 Å². The monoisotopic (exact) mass is 358 g/mol. The summed E-state index contributed by atoms with van der Waals surface area (Å²) in [5.41, 5.74) is 0.476. The molecule has 2 nitrogen and oxygen atoms in total. The number of Topliss-reactive ketones (excluding diaryl/α,β-unsaturated/α-hetero) is 1. The Bertz CT molecular complexity index is 641. The molecule has 2 aromatic carbocycles. The second-order valence-electron chi connectivity index (χ2n) is 3.87. The smallest absolute Gasteiger partial charge is 0.161 e. The van der Waals surface area contributed by atoms with E-state index in [4.69, 9.17) is 27.9 Å². The molecular weight excluding hydrogens is 351 g/mol. The quantitative estimate of drug-likeness (QED) is 0.652. The van der Waals surface area contributed by atoms with Gasteiger partial charge in [0.05, 0.1) is 9.50 Å². The van der Waals surface area contributed by atoms with E-state index in [1.54, 1.807) is 36.4 Å². The molecule has 0 aliphatic carbocycles. The Hall–Kier alpha value is -1.03. The number of hydrogen-bond acceptors (Lipinski definition) is 2. The maximum absolute atomic E-state index is 11.3. The van der Waals surface area contributed by atoms with E-state index < -0.39 is 0 Å². The van der Waals surface area contributed by atoms with Gasteiger partial charge in [0.2, 0.25) is 0 Å². The van der Waals surface area contributed by atoms with Crippen molar-refractivity contribution in [3.05, 3.63) is 56.5 Å². The highest BCUT2D eigenvalue weighted by Crippen LogP contribution is 2.33. The Balaban J connectivity index is 2.29. The highest BCUT2D eigenvalue weighted by molar-refractivity contribution is 9.10. The molecule has 19 heavy (non-hydrogen) atoms. The number of rotatable bonds is 3. The van der Waals surface area contributed by atoms with Crippen LogP contribution in [0.4, 0.5) is 0 Å². The standard InChI is InChI=1S/C14H9BrCl2O2/c1-8(18)11-4-3-10(7-13(11)17)19-14-5-2-9(16)6-12(14)15/h2-7H,1H3. The summed E-state index contributed by atoms with van der Waals surface area (Å²) in [6, 6.07) is 10.2. The predicted octanol–water partition coefficient (Wildman–Crippen LogP) is 5.75. The molecule has 0 aliphatic heterocycles. The van der Waals surface area contributed by atoms with Crippen LogP contribution in [-0.2, 0) is 0 Å². The summed E-state index contributed by atoms with van der Waals surface area (Å²) in [5, 5.41) is 0.985. The van der Waals surface area contributed by atoms with Gasteiger partial charge in [-0.3, -0.25) is 4.79 Å². The van der Waals surface area contributed by atoms with Crippen LogP contribution in [0.2, 0.25) is 10.0 Å². The van der Waals surface area contributed by atoms with Gasteiger partial charge in [-0.15, -0.1) is 0 Å². The van der Waals surface area contributed by atoms with Crippen LogP contribution in [-0.4, -0.2) is 5.78 Å². The van der Waals surface area contributed by atoms with Gasteiger partial charge < -0.3 is 4.74 Å². The van der Waals surface area contributed by atoms with Gasteiger partial charge >= 0.3 is 0 Å². The Morgan fingerprint density at radius 1 is 1.16 bits per heavy atom. The highest BCUT2D eigenvalue weighted by atomic mass is 79.9. The Morgan fingerprint density at radius 2 is 1.89 bits per heavy atom. The number of ketones is 1. The first-order chi connectivity index (χ1) is 8.97. The zero-order chi connectivity index (χ0) is 14.0. The molecule has 0 unspecified atom stereocenters. The summed E-state index contributed by atoms with van der Waals surface area (Å²) >= 11 is 15.2. The van der Waals surface area contributed by atoms with Crippen molar-refractivity contribution >= 4 is 44.9 Å². The Kier molecular flexibility index (Phi) is 4.50. The first-order valence-electron chi connectivity index (χ1n) is 5.41. The number of carbonyl (C=O) groups excluding carboxylic acids is 1. The molecular formula is C14H9BrCl2O2. The van der Waals surface area contributed by atoms with Gasteiger partial charge in [-0.1, -0.05) is 23.2 Å². The number of ether oxygens (including phenoxy) is 1. The van der Waals surface area contributed by atoms with Crippen molar-refractivity contribution in [2.24, 2.45) is 0 Å². The molecule has 0 saturated carbocycles. The minimum atomic E-state index is -0.0794. The summed E-state index contributed by atoms with van der Waals surface area (Å²) in [7, 11) is 0. The maximum atomic E-state index is 11.3. The molecule has 0 atom stereocenters. The Morgan fingerprint density at radius 3 is 2.47 bits per heavy atom.